The van der Waals surface area contributed by atoms with Crippen LogP contribution < -0.4 is 5.32 Å². The molecule has 0 atom stereocenters. The Hall–Kier alpha value is -0.990. The van der Waals surface area contributed by atoms with E-state index in [1.165, 1.54) is 29.4 Å². The lowest BCUT2D eigenvalue weighted by Crippen LogP contribution is -2.14. The number of hydrogen-bond acceptors (Lipinski definition) is 2. The summed E-state index contributed by atoms with van der Waals surface area (Å²) >= 11 is 6.29. The lowest BCUT2D eigenvalue weighted by molar-refractivity contribution is 0.507. The summed E-state index contributed by atoms with van der Waals surface area (Å²) in [7, 11) is 0. The Labute approximate surface area is 119 Å². The maximum atomic E-state index is 6.29. The molecule has 0 radical (unpaired) electrons. The maximum absolute atomic E-state index is 6.29. The zero-order valence-electron chi connectivity index (χ0n) is 11.6. The van der Waals surface area contributed by atoms with Gasteiger partial charge in [-0.1, -0.05) is 24.6 Å². The first-order valence-electron chi connectivity index (χ1n) is 7.13. The van der Waals surface area contributed by atoms with Gasteiger partial charge in [-0.2, -0.15) is 0 Å². The van der Waals surface area contributed by atoms with Crippen LogP contribution in [0.3, 0.4) is 0 Å². The molecule has 19 heavy (non-hydrogen) atoms. The van der Waals surface area contributed by atoms with E-state index in [9.17, 15) is 0 Å². The summed E-state index contributed by atoms with van der Waals surface area (Å²) in [6, 6.07) is 4.03. The lowest BCUT2D eigenvalue weighted by atomic mass is 10.0. The molecule has 3 heteroatoms. The Kier molecular flexibility index (Phi) is 3.55. The zero-order chi connectivity index (χ0) is 13.4. The molecule has 2 nitrogen and oxygen atoms in total. The molecule has 0 bridgehead atoms. The second-order valence-electron chi connectivity index (χ2n) is 5.46. The molecule has 1 aliphatic carbocycles. The van der Waals surface area contributed by atoms with Crippen LogP contribution >= 0.6 is 11.6 Å². The third kappa shape index (κ3) is 2.39. The summed E-state index contributed by atoms with van der Waals surface area (Å²) in [5, 5.41) is 5.42. The van der Waals surface area contributed by atoms with Crippen LogP contribution in [0.4, 0.5) is 0 Å². The summed E-state index contributed by atoms with van der Waals surface area (Å²) in [5.74, 6) is 1.76. The molecule has 1 N–H and O–H groups in total. The van der Waals surface area contributed by atoms with E-state index in [1.54, 1.807) is 0 Å². The van der Waals surface area contributed by atoms with E-state index in [-0.39, 0.29) is 0 Å². The molecule has 0 unspecified atom stereocenters. The van der Waals surface area contributed by atoms with Gasteiger partial charge in [-0.3, -0.25) is 0 Å². The zero-order valence-corrected chi connectivity index (χ0v) is 12.3. The quantitative estimate of drug-likeness (QED) is 0.796. The molecule has 1 heterocycles. The van der Waals surface area contributed by atoms with Crippen molar-refractivity contribution in [2.75, 3.05) is 6.54 Å². The van der Waals surface area contributed by atoms with Gasteiger partial charge in [0, 0.05) is 10.9 Å². The highest BCUT2D eigenvalue weighted by molar-refractivity contribution is 6.35. The van der Waals surface area contributed by atoms with Crippen LogP contribution in [0.25, 0.3) is 11.0 Å². The van der Waals surface area contributed by atoms with Crippen LogP contribution in [-0.4, -0.2) is 6.54 Å². The first-order chi connectivity index (χ1) is 9.22. The summed E-state index contributed by atoms with van der Waals surface area (Å²) < 4.78 is 6.06. The number of aryl methyl sites for hydroxylation is 1. The molecule has 1 aliphatic rings. The number of benzene rings is 1. The molecule has 0 spiro atoms. The van der Waals surface area contributed by atoms with E-state index in [2.05, 4.69) is 25.2 Å². The molecular weight excluding hydrogens is 258 g/mol. The topological polar surface area (TPSA) is 25.2 Å². The first-order valence-corrected chi connectivity index (χ1v) is 7.51. The largest absolute Gasteiger partial charge is 0.458 e. The summed E-state index contributed by atoms with van der Waals surface area (Å²) in [6.45, 7) is 6.15. The van der Waals surface area contributed by atoms with Gasteiger partial charge in [0.25, 0.3) is 0 Å². The minimum atomic E-state index is 0.678. The summed E-state index contributed by atoms with van der Waals surface area (Å²) in [4.78, 5) is 0. The van der Waals surface area contributed by atoms with Gasteiger partial charge in [0.2, 0.25) is 0 Å². The molecule has 1 fully saturated rings. The minimum absolute atomic E-state index is 0.678. The van der Waals surface area contributed by atoms with Gasteiger partial charge in [-0.15, -0.1) is 0 Å². The van der Waals surface area contributed by atoms with E-state index in [0.29, 0.717) is 5.92 Å². The SMILES string of the molecule is CCCNCc1oc2c(Cl)ccc(C)c2c1C1CC1. The van der Waals surface area contributed by atoms with E-state index >= 15 is 0 Å². The normalized spacial score (nSPS) is 15.3. The number of halogens is 1. The number of furan rings is 1. The van der Waals surface area contributed by atoms with Crippen molar-refractivity contribution in [3.05, 3.63) is 34.0 Å². The van der Waals surface area contributed by atoms with Crippen LogP contribution in [-0.2, 0) is 6.54 Å². The van der Waals surface area contributed by atoms with Crippen LogP contribution in [0.5, 0.6) is 0 Å². The Morgan fingerprint density at radius 3 is 2.84 bits per heavy atom. The van der Waals surface area contributed by atoms with E-state index in [0.717, 1.165) is 35.9 Å². The maximum Gasteiger partial charge on any atom is 0.153 e. The van der Waals surface area contributed by atoms with Crippen molar-refractivity contribution in [1.29, 1.82) is 0 Å². The second kappa shape index (κ2) is 5.18. The molecule has 0 saturated heterocycles. The molecule has 1 aromatic heterocycles. The molecule has 102 valence electrons. The number of hydrogen-bond donors (Lipinski definition) is 1. The Morgan fingerprint density at radius 1 is 1.37 bits per heavy atom. The van der Waals surface area contributed by atoms with Gasteiger partial charge in [-0.25, -0.2) is 0 Å². The van der Waals surface area contributed by atoms with Gasteiger partial charge in [0.15, 0.2) is 5.58 Å². The van der Waals surface area contributed by atoms with Crippen molar-refractivity contribution in [1.82, 2.24) is 5.32 Å². The molecular formula is C16H20ClNO. The standard InChI is InChI=1S/C16H20ClNO/c1-3-8-18-9-13-15(11-5-6-11)14-10(2)4-7-12(17)16(14)19-13/h4,7,11,18H,3,5-6,8-9H2,1-2H3. The number of nitrogens with one attached hydrogen (secondary N) is 1. The summed E-state index contributed by atoms with van der Waals surface area (Å²) in [6.07, 6.45) is 3.70. The smallest absolute Gasteiger partial charge is 0.153 e. The van der Waals surface area contributed by atoms with Gasteiger partial charge >= 0.3 is 0 Å². The highest BCUT2D eigenvalue weighted by Gasteiger charge is 2.31. The Bertz CT molecular complexity index is 598. The average molecular weight is 278 g/mol. The van der Waals surface area contributed by atoms with Crippen molar-refractivity contribution in [3.8, 4) is 0 Å². The van der Waals surface area contributed by atoms with Crippen LogP contribution in [0.15, 0.2) is 16.5 Å². The predicted molar refractivity (Wildman–Crippen MR) is 79.9 cm³/mol. The van der Waals surface area contributed by atoms with Gasteiger partial charge in [0.1, 0.15) is 5.76 Å². The molecule has 1 aromatic carbocycles. The third-order valence-corrected chi connectivity index (χ3v) is 4.11. The highest BCUT2D eigenvalue weighted by Crippen LogP contribution is 2.48. The lowest BCUT2D eigenvalue weighted by Gasteiger charge is -2.03. The fraction of sp³-hybridized carbons (Fsp3) is 0.500. The first kappa shape index (κ1) is 13.0. The summed E-state index contributed by atoms with van der Waals surface area (Å²) in [5.41, 5.74) is 3.54. The molecule has 0 aliphatic heterocycles. The van der Waals surface area contributed by atoms with Crippen LogP contribution in [0.2, 0.25) is 5.02 Å². The van der Waals surface area contributed by atoms with E-state index < -0.39 is 0 Å². The van der Waals surface area contributed by atoms with Crippen molar-refractivity contribution in [3.63, 3.8) is 0 Å². The molecule has 2 aromatic rings. The Balaban J connectivity index is 2.08. The Morgan fingerprint density at radius 2 is 2.16 bits per heavy atom. The van der Waals surface area contributed by atoms with Gasteiger partial charge in [0.05, 0.1) is 11.6 Å². The number of fused-ring (bicyclic) bond motifs is 1. The van der Waals surface area contributed by atoms with Crippen LogP contribution in [0.1, 0.15) is 49.0 Å². The van der Waals surface area contributed by atoms with Crippen LogP contribution in [0, 0.1) is 6.92 Å². The molecule has 3 rings (SSSR count). The average Bonchev–Trinajstić information content (AvgIpc) is 3.16. The molecule has 0 amide bonds. The van der Waals surface area contributed by atoms with Crippen molar-refractivity contribution in [2.45, 2.75) is 45.6 Å². The predicted octanol–water partition coefficient (Wildman–Crippen LogP) is 4.77. The second-order valence-corrected chi connectivity index (χ2v) is 5.87. The fourth-order valence-electron chi connectivity index (χ4n) is 2.72. The molecule has 1 saturated carbocycles. The number of rotatable bonds is 5. The van der Waals surface area contributed by atoms with Gasteiger partial charge < -0.3 is 9.73 Å². The van der Waals surface area contributed by atoms with E-state index in [4.69, 9.17) is 16.0 Å². The van der Waals surface area contributed by atoms with Crippen molar-refractivity contribution >= 4 is 22.6 Å². The minimum Gasteiger partial charge on any atom is -0.458 e. The van der Waals surface area contributed by atoms with Crippen molar-refractivity contribution < 1.29 is 4.42 Å². The van der Waals surface area contributed by atoms with Crippen molar-refractivity contribution in [2.24, 2.45) is 0 Å². The monoisotopic (exact) mass is 277 g/mol. The highest BCUT2D eigenvalue weighted by atomic mass is 35.5. The van der Waals surface area contributed by atoms with E-state index in [1.807, 2.05) is 6.07 Å². The third-order valence-electron chi connectivity index (χ3n) is 3.81. The van der Waals surface area contributed by atoms with Gasteiger partial charge in [-0.05, 0) is 50.3 Å². The fourth-order valence-corrected chi connectivity index (χ4v) is 2.92.